The van der Waals surface area contributed by atoms with Crippen molar-refractivity contribution in [2.75, 3.05) is 13.2 Å². The maximum absolute atomic E-state index is 12.5. The van der Waals surface area contributed by atoms with E-state index in [0.29, 0.717) is 20.0 Å². The molecule has 0 bridgehead atoms. The highest BCUT2D eigenvalue weighted by Gasteiger charge is 2.54. The van der Waals surface area contributed by atoms with Gasteiger partial charge in [0.2, 0.25) is 5.91 Å². The average molecular weight is 254 g/mol. The third-order valence-electron chi connectivity index (χ3n) is 2.98. The van der Waals surface area contributed by atoms with E-state index in [1.54, 1.807) is 6.92 Å². The topological polar surface area (TPSA) is 64.4 Å². The average Bonchev–Trinajstić information content (AvgIpc) is 2.60. The number of hydrogen-bond donors (Lipinski definition) is 2. The van der Waals surface area contributed by atoms with Crippen LogP contribution in [0.15, 0.2) is 0 Å². The van der Waals surface area contributed by atoms with Crippen LogP contribution in [0.3, 0.4) is 0 Å². The molecule has 7 heteroatoms. The van der Waals surface area contributed by atoms with Crippen molar-refractivity contribution in [2.24, 2.45) is 5.73 Å². The highest BCUT2D eigenvalue weighted by atomic mass is 19.4. The lowest BCUT2D eigenvalue weighted by atomic mass is 9.99. The van der Waals surface area contributed by atoms with Gasteiger partial charge in [-0.1, -0.05) is 0 Å². The van der Waals surface area contributed by atoms with Crippen LogP contribution in [0.4, 0.5) is 13.2 Å². The van der Waals surface area contributed by atoms with Crippen molar-refractivity contribution in [1.82, 2.24) is 5.32 Å². The first-order chi connectivity index (χ1) is 7.58. The van der Waals surface area contributed by atoms with Crippen LogP contribution in [-0.2, 0) is 9.53 Å². The molecule has 1 saturated heterocycles. The largest absolute Gasteiger partial charge is 0.415 e. The Hall–Kier alpha value is -0.820. The third kappa shape index (κ3) is 3.10. The molecule has 1 aliphatic rings. The summed E-state index contributed by atoms with van der Waals surface area (Å²) in [5.74, 6) is -1.23. The molecule has 17 heavy (non-hydrogen) atoms. The molecule has 2 unspecified atom stereocenters. The number of amides is 1. The van der Waals surface area contributed by atoms with Gasteiger partial charge in [-0.05, 0) is 26.7 Å². The SMILES string of the molecule is CC1(CNC(=O)C(C)(N)C(F)(F)F)CCCO1. The van der Waals surface area contributed by atoms with Crippen LogP contribution < -0.4 is 11.1 Å². The number of rotatable bonds is 3. The highest BCUT2D eigenvalue weighted by Crippen LogP contribution is 2.29. The molecule has 1 aliphatic heterocycles. The van der Waals surface area contributed by atoms with Crippen molar-refractivity contribution in [3.63, 3.8) is 0 Å². The summed E-state index contributed by atoms with van der Waals surface area (Å²) in [6, 6.07) is 0. The summed E-state index contributed by atoms with van der Waals surface area (Å²) in [5.41, 5.74) is 1.53. The van der Waals surface area contributed by atoms with Gasteiger partial charge in [-0.25, -0.2) is 0 Å². The molecule has 1 amide bonds. The van der Waals surface area contributed by atoms with Crippen LogP contribution in [-0.4, -0.2) is 36.4 Å². The molecule has 3 N–H and O–H groups in total. The van der Waals surface area contributed by atoms with E-state index in [9.17, 15) is 18.0 Å². The number of hydrogen-bond acceptors (Lipinski definition) is 3. The van der Waals surface area contributed by atoms with E-state index in [4.69, 9.17) is 10.5 Å². The summed E-state index contributed by atoms with van der Waals surface area (Å²) >= 11 is 0. The Balaban J connectivity index is 2.55. The lowest BCUT2D eigenvalue weighted by Crippen LogP contribution is -2.62. The van der Waals surface area contributed by atoms with Gasteiger partial charge in [0.15, 0.2) is 5.54 Å². The number of nitrogens with two attached hydrogens (primary N) is 1. The Kier molecular flexibility index (Phi) is 3.73. The molecule has 1 rings (SSSR count). The first-order valence-corrected chi connectivity index (χ1v) is 5.36. The molecule has 2 atom stereocenters. The quantitative estimate of drug-likeness (QED) is 0.788. The molecule has 1 heterocycles. The van der Waals surface area contributed by atoms with Gasteiger partial charge in [0.25, 0.3) is 0 Å². The van der Waals surface area contributed by atoms with Crippen LogP contribution in [0, 0.1) is 0 Å². The maximum Gasteiger partial charge on any atom is 0.415 e. The van der Waals surface area contributed by atoms with Crippen LogP contribution in [0.1, 0.15) is 26.7 Å². The maximum atomic E-state index is 12.5. The lowest BCUT2D eigenvalue weighted by Gasteiger charge is -2.29. The number of alkyl halides is 3. The first-order valence-electron chi connectivity index (χ1n) is 5.36. The Morgan fingerprint density at radius 3 is 2.53 bits per heavy atom. The summed E-state index contributed by atoms with van der Waals surface area (Å²) in [5, 5.41) is 2.20. The van der Waals surface area contributed by atoms with Crippen molar-refractivity contribution in [1.29, 1.82) is 0 Å². The minimum absolute atomic E-state index is 0.0364. The Morgan fingerprint density at radius 2 is 2.12 bits per heavy atom. The molecule has 0 radical (unpaired) electrons. The standard InChI is InChI=1S/C10H17F3N2O2/c1-8(4-3-5-17-8)6-15-7(16)9(2,14)10(11,12)13/h3-6,14H2,1-2H3,(H,15,16). The molecular weight excluding hydrogens is 237 g/mol. The number of carbonyl (C=O) groups is 1. The van der Waals surface area contributed by atoms with Crippen LogP contribution in [0.25, 0.3) is 0 Å². The highest BCUT2D eigenvalue weighted by molar-refractivity contribution is 5.86. The second-order valence-corrected chi connectivity index (χ2v) is 4.78. The fourth-order valence-electron chi connectivity index (χ4n) is 1.56. The summed E-state index contributed by atoms with van der Waals surface area (Å²) in [7, 11) is 0. The predicted molar refractivity (Wildman–Crippen MR) is 55.2 cm³/mol. The van der Waals surface area contributed by atoms with Crippen molar-refractivity contribution < 1.29 is 22.7 Å². The number of ether oxygens (including phenoxy) is 1. The van der Waals surface area contributed by atoms with Gasteiger partial charge in [-0.3, -0.25) is 4.79 Å². The van der Waals surface area contributed by atoms with Crippen molar-refractivity contribution in [3.05, 3.63) is 0 Å². The van der Waals surface area contributed by atoms with E-state index in [1.807, 2.05) is 0 Å². The van der Waals surface area contributed by atoms with E-state index in [2.05, 4.69) is 5.32 Å². The zero-order valence-corrected chi connectivity index (χ0v) is 9.86. The van der Waals surface area contributed by atoms with Gasteiger partial charge in [-0.15, -0.1) is 0 Å². The molecule has 100 valence electrons. The van der Waals surface area contributed by atoms with Crippen LogP contribution >= 0.6 is 0 Å². The Bertz CT molecular complexity index is 296. The second kappa shape index (κ2) is 4.45. The van der Waals surface area contributed by atoms with Crippen LogP contribution in [0.5, 0.6) is 0 Å². The van der Waals surface area contributed by atoms with Gasteiger partial charge >= 0.3 is 6.18 Å². The van der Waals surface area contributed by atoms with Crippen molar-refractivity contribution in [3.8, 4) is 0 Å². The van der Waals surface area contributed by atoms with Gasteiger partial charge < -0.3 is 15.8 Å². The fourth-order valence-corrected chi connectivity index (χ4v) is 1.56. The lowest BCUT2D eigenvalue weighted by molar-refractivity contribution is -0.187. The van der Waals surface area contributed by atoms with E-state index in [-0.39, 0.29) is 6.54 Å². The van der Waals surface area contributed by atoms with Crippen LogP contribution in [0.2, 0.25) is 0 Å². The number of halogens is 3. The summed E-state index contributed by atoms with van der Waals surface area (Å²) in [6.45, 7) is 3.00. The molecule has 0 spiro atoms. The minimum Gasteiger partial charge on any atom is -0.373 e. The van der Waals surface area contributed by atoms with Gasteiger partial charge in [0.1, 0.15) is 0 Å². The van der Waals surface area contributed by atoms with E-state index in [1.165, 1.54) is 0 Å². The molecule has 0 aromatic rings. The van der Waals surface area contributed by atoms with Gasteiger partial charge in [-0.2, -0.15) is 13.2 Å². The first kappa shape index (κ1) is 14.2. The third-order valence-corrected chi connectivity index (χ3v) is 2.98. The van der Waals surface area contributed by atoms with Crippen molar-refractivity contribution >= 4 is 5.91 Å². The molecule has 4 nitrogen and oxygen atoms in total. The Labute approximate surface area is 97.7 Å². The van der Waals surface area contributed by atoms with Gasteiger partial charge in [0.05, 0.1) is 5.60 Å². The smallest absolute Gasteiger partial charge is 0.373 e. The molecule has 0 aromatic carbocycles. The summed E-state index contributed by atoms with van der Waals surface area (Å²) in [6.07, 6.45) is -3.22. The zero-order valence-electron chi connectivity index (χ0n) is 9.86. The number of carbonyl (C=O) groups excluding carboxylic acids is 1. The normalized spacial score (nSPS) is 28.8. The predicted octanol–water partition coefficient (Wildman–Crippen LogP) is 0.951. The fraction of sp³-hybridized carbons (Fsp3) is 0.900. The molecule has 0 aromatic heterocycles. The van der Waals surface area contributed by atoms with E-state index in [0.717, 1.165) is 6.42 Å². The Morgan fingerprint density at radius 1 is 1.53 bits per heavy atom. The van der Waals surface area contributed by atoms with E-state index >= 15 is 0 Å². The number of nitrogens with one attached hydrogen (secondary N) is 1. The second-order valence-electron chi connectivity index (χ2n) is 4.78. The van der Waals surface area contributed by atoms with Gasteiger partial charge in [0, 0.05) is 13.2 Å². The van der Waals surface area contributed by atoms with E-state index < -0.39 is 23.2 Å². The molecule has 0 aliphatic carbocycles. The van der Waals surface area contributed by atoms with Crippen molar-refractivity contribution in [2.45, 2.75) is 44.0 Å². The monoisotopic (exact) mass is 254 g/mol. The molecular formula is C10H17F3N2O2. The molecule has 1 fully saturated rings. The summed E-state index contributed by atoms with van der Waals surface area (Å²) < 4.78 is 42.7. The zero-order chi connectivity index (χ0) is 13.3. The summed E-state index contributed by atoms with van der Waals surface area (Å²) in [4.78, 5) is 11.4. The molecule has 0 saturated carbocycles. The minimum atomic E-state index is -4.77.